The number of fused-ring (bicyclic) bond motifs is 1. The summed E-state index contributed by atoms with van der Waals surface area (Å²) >= 11 is 0. The summed E-state index contributed by atoms with van der Waals surface area (Å²) in [5.74, 6) is -3.17. The van der Waals surface area contributed by atoms with E-state index in [2.05, 4.69) is 5.32 Å². The zero-order valence-corrected chi connectivity index (χ0v) is 19.7. The summed E-state index contributed by atoms with van der Waals surface area (Å²) in [7, 11) is -5.09. The molecule has 0 aliphatic carbocycles. The molecule has 1 aliphatic heterocycles. The monoisotopic (exact) mass is 537 g/mol. The number of nitrogens with zero attached hydrogens (tertiary/aromatic N) is 1. The lowest BCUT2D eigenvalue weighted by Gasteiger charge is -2.29. The fourth-order valence-corrected chi connectivity index (χ4v) is 5.21. The van der Waals surface area contributed by atoms with Gasteiger partial charge in [-0.1, -0.05) is 30.3 Å². The first-order chi connectivity index (χ1) is 17.3. The molecule has 0 bridgehead atoms. The largest absolute Gasteiger partial charge is 0.421 e. The van der Waals surface area contributed by atoms with E-state index in [1.807, 2.05) is 5.32 Å². The predicted octanol–water partition coefficient (Wildman–Crippen LogP) is 1.23. The minimum atomic E-state index is -5.65. The van der Waals surface area contributed by atoms with Crippen LogP contribution in [0.25, 0.3) is 0 Å². The first-order valence-corrected chi connectivity index (χ1v) is 12.0. The molecule has 0 radical (unpaired) electrons. The molecule has 4 N–H and O–H groups in total. The fourth-order valence-electron chi connectivity index (χ4n) is 3.89. The summed E-state index contributed by atoms with van der Waals surface area (Å²) in [5, 5.41) is 4.25. The van der Waals surface area contributed by atoms with Gasteiger partial charge < -0.3 is 10.6 Å². The number of aromatic nitrogens is 2. The van der Waals surface area contributed by atoms with Crippen molar-refractivity contribution in [2.24, 2.45) is 0 Å². The van der Waals surface area contributed by atoms with Gasteiger partial charge in [-0.15, -0.1) is 0 Å². The number of hydrogen-bond donors (Lipinski definition) is 4. The SMILES string of the molecule is CC(=O)Nc1ccc(S(=O)(=O)N[C@@]2(C(F)(F)F)C(=O)Nc3c2c(=O)[nH]c(=O)n3Cc2ccccc2)cc1. The van der Waals surface area contributed by atoms with Crippen molar-refractivity contribution < 1.29 is 31.2 Å². The van der Waals surface area contributed by atoms with Crippen LogP contribution in [-0.4, -0.2) is 36.0 Å². The molecule has 4 rings (SSSR count). The van der Waals surface area contributed by atoms with Gasteiger partial charge in [0.1, 0.15) is 5.82 Å². The van der Waals surface area contributed by atoms with Crippen LogP contribution in [0.5, 0.6) is 0 Å². The van der Waals surface area contributed by atoms with Gasteiger partial charge in [-0.3, -0.25) is 23.9 Å². The second-order valence-electron chi connectivity index (χ2n) is 8.07. The van der Waals surface area contributed by atoms with Crippen LogP contribution >= 0.6 is 0 Å². The lowest BCUT2D eigenvalue weighted by atomic mass is 9.93. The third-order valence-electron chi connectivity index (χ3n) is 5.53. The van der Waals surface area contributed by atoms with E-state index in [4.69, 9.17) is 0 Å². The minimum absolute atomic E-state index is 0.169. The Kier molecular flexibility index (Phi) is 6.29. The van der Waals surface area contributed by atoms with Gasteiger partial charge in [0.05, 0.1) is 17.0 Å². The Morgan fingerprint density at radius 2 is 1.65 bits per heavy atom. The van der Waals surface area contributed by atoms with Crippen LogP contribution in [0.15, 0.2) is 69.1 Å². The second kappa shape index (κ2) is 9.01. The number of H-pyrrole nitrogens is 1. The van der Waals surface area contributed by atoms with Crippen LogP contribution in [0.2, 0.25) is 0 Å². The summed E-state index contributed by atoms with van der Waals surface area (Å²) < 4.78 is 71.8. The summed E-state index contributed by atoms with van der Waals surface area (Å²) in [5.41, 5.74) is -7.44. The molecule has 2 aromatic carbocycles. The van der Waals surface area contributed by atoms with Crippen molar-refractivity contribution in [1.82, 2.24) is 14.3 Å². The molecule has 1 aromatic heterocycles. The van der Waals surface area contributed by atoms with E-state index < -0.39 is 61.1 Å². The van der Waals surface area contributed by atoms with Gasteiger partial charge in [0, 0.05) is 12.6 Å². The average molecular weight is 537 g/mol. The van der Waals surface area contributed by atoms with Crippen molar-refractivity contribution in [3.63, 3.8) is 0 Å². The highest BCUT2D eigenvalue weighted by atomic mass is 32.2. The van der Waals surface area contributed by atoms with Crippen LogP contribution in [0.1, 0.15) is 18.1 Å². The standard InChI is InChI=1S/C22H18F3N5O6S/c1-12(31)26-14-7-9-15(10-8-14)37(35,36)29-21(22(23,24)25)16-17(27-19(21)33)30(20(34)28-18(16)32)11-13-5-3-2-4-6-13/h2-10,29H,11H2,1H3,(H,26,31)(H,27,33)(H,28,32,34)/t21-/m1/s1. The summed E-state index contributed by atoms with van der Waals surface area (Å²) in [6.45, 7) is 0.870. The van der Waals surface area contributed by atoms with E-state index in [0.717, 1.165) is 24.3 Å². The third kappa shape index (κ3) is 4.53. The van der Waals surface area contributed by atoms with E-state index in [1.165, 1.54) is 11.6 Å². The van der Waals surface area contributed by atoms with E-state index in [0.29, 0.717) is 10.1 Å². The Bertz CT molecular complexity index is 1620. The molecule has 11 nitrogen and oxygen atoms in total. The van der Waals surface area contributed by atoms with E-state index in [9.17, 15) is 40.8 Å². The number of amides is 2. The number of halogens is 3. The first-order valence-electron chi connectivity index (χ1n) is 10.5. The van der Waals surface area contributed by atoms with Crippen molar-refractivity contribution in [3.05, 3.63) is 86.6 Å². The molecule has 0 spiro atoms. The molecule has 1 aliphatic rings. The lowest BCUT2D eigenvalue weighted by Crippen LogP contribution is -2.61. The summed E-state index contributed by atoms with van der Waals surface area (Å²) in [4.78, 5) is 50.3. The van der Waals surface area contributed by atoms with E-state index in [1.54, 1.807) is 35.3 Å². The molecular formula is C22H18F3N5O6S. The lowest BCUT2D eigenvalue weighted by molar-refractivity contribution is -0.194. The van der Waals surface area contributed by atoms with Gasteiger partial charge in [0.15, 0.2) is 0 Å². The second-order valence-corrected chi connectivity index (χ2v) is 9.75. The van der Waals surface area contributed by atoms with Crippen molar-refractivity contribution >= 4 is 33.3 Å². The molecular weight excluding hydrogens is 519 g/mol. The van der Waals surface area contributed by atoms with Crippen molar-refractivity contribution in [1.29, 1.82) is 0 Å². The smallest absolute Gasteiger partial charge is 0.326 e. The van der Waals surface area contributed by atoms with Crippen molar-refractivity contribution in [2.75, 3.05) is 10.6 Å². The van der Waals surface area contributed by atoms with Gasteiger partial charge in [0.2, 0.25) is 21.5 Å². The highest BCUT2D eigenvalue weighted by Crippen LogP contribution is 2.45. The van der Waals surface area contributed by atoms with Crippen LogP contribution < -0.4 is 26.6 Å². The minimum Gasteiger partial charge on any atom is -0.326 e. The molecule has 194 valence electrons. The fraction of sp³-hybridized carbons (Fsp3) is 0.182. The van der Waals surface area contributed by atoms with Crippen LogP contribution in [0.4, 0.5) is 24.7 Å². The Morgan fingerprint density at radius 3 is 2.22 bits per heavy atom. The highest BCUT2D eigenvalue weighted by Gasteiger charge is 2.69. The number of aromatic amines is 1. The number of sulfonamides is 1. The van der Waals surface area contributed by atoms with Crippen molar-refractivity contribution in [2.45, 2.75) is 30.1 Å². The first kappa shape index (κ1) is 25.8. The number of hydrogen-bond acceptors (Lipinski definition) is 6. The Hall–Kier alpha value is -4.24. The molecule has 0 saturated carbocycles. The molecule has 2 heterocycles. The molecule has 1 atom stereocenters. The summed E-state index contributed by atoms with van der Waals surface area (Å²) in [6.07, 6.45) is -5.65. The van der Waals surface area contributed by atoms with Crippen LogP contribution in [0.3, 0.4) is 0 Å². The van der Waals surface area contributed by atoms with Crippen LogP contribution in [0, 0.1) is 0 Å². The normalized spacial score (nSPS) is 17.2. The zero-order valence-electron chi connectivity index (χ0n) is 18.8. The van der Waals surface area contributed by atoms with E-state index >= 15 is 0 Å². The number of rotatable bonds is 6. The number of carbonyl (C=O) groups excluding carboxylic acids is 2. The Morgan fingerprint density at radius 1 is 1.03 bits per heavy atom. The number of alkyl halides is 3. The summed E-state index contributed by atoms with van der Waals surface area (Å²) in [6, 6.07) is 12.1. The van der Waals surface area contributed by atoms with Gasteiger partial charge in [-0.2, -0.15) is 17.9 Å². The zero-order chi connectivity index (χ0) is 27.2. The molecule has 37 heavy (non-hydrogen) atoms. The highest BCUT2D eigenvalue weighted by molar-refractivity contribution is 7.89. The van der Waals surface area contributed by atoms with Gasteiger partial charge in [-0.25, -0.2) is 13.2 Å². The number of nitrogens with one attached hydrogen (secondary N) is 4. The Balaban J connectivity index is 1.87. The van der Waals surface area contributed by atoms with Gasteiger partial charge in [-0.05, 0) is 29.8 Å². The number of carbonyl (C=O) groups is 2. The molecule has 0 saturated heterocycles. The third-order valence-corrected chi connectivity index (χ3v) is 7.00. The maximum Gasteiger partial charge on any atom is 0.421 e. The Labute approximate surface area is 206 Å². The maximum absolute atomic E-state index is 14.6. The van der Waals surface area contributed by atoms with Crippen molar-refractivity contribution in [3.8, 4) is 0 Å². The number of benzene rings is 2. The van der Waals surface area contributed by atoms with Gasteiger partial charge in [0.25, 0.3) is 11.5 Å². The molecule has 2 amide bonds. The molecule has 0 unspecified atom stereocenters. The molecule has 3 aromatic rings. The molecule has 15 heteroatoms. The number of anilines is 2. The quantitative estimate of drug-likeness (QED) is 0.370. The van der Waals surface area contributed by atoms with Gasteiger partial charge >= 0.3 is 11.9 Å². The average Bonchev–Trinajstić information content (AvgIpc) is 3.10. The topological polar surface area (TPSA) is 159 Å². The molecule has 0 fully saturated rings. The maximum atomic E-state index is 14.6. The van der Waals surface area contributed by atoms with E-state index in [-0.39, 0.29) is 12.2 Å². The van der Waals surface area contributed by atoms with Crippen LogP contribution in [-0.2, 0) is 31.7 Å². The predicted molar refractivity (Wildman–Crippen MR) is 124 cm³/mol.